The zero-order chi connectivity index (χ0) is 20.9. The molecule has 0 amide bonds. The SMILES string of the molecule is COc1ccccc1C(=O)C(C[C@H](C)N(C)C)(c1ccccc1)c1ccccc1. The molecule has 3 aromatic carbocycles. The van der Waals surface area contributed by atoms with Gasteiger partial charge in [-0.05, 0) is 50.7 Å². The lowest BCUT2D eigenvalue weighted by atomic mass is 9.66. The molecule has 0 bridgehead atoms. The van der Waals surface area contributed by atoms with Crippen LogP contribution < -0.4 is 4.74 Å². The van der Waals surface area contributed by atoms with Crippen molar-refractivity contribution in [3.63, 3.8) is 0 Å². The van der Waals surface area contributed by atoms with Crippen molar-refractivity contribution in [3.05, 3.63) is 102 Å². The molecule has 3 rings (SSSR count). The summed E-state index contributed by atoms with van der Waals surface area (Å²) in [4.78, 5) is 16.5. The van der Waals surface area contributed by atoms with E-state index in [1.807, 2.05) is 60.7 Å². The van der Waals surface area contributed by atoms with Gasteiger partial charge in [-0.3, -0.25) is 4.79 Å². The average Bonchev–Trinajstić information content (AvgIpc) is 2.78. The first kappa shape index (κ1) is 20.8. The smallest absolute Gasteiger partial charge is 0.181 e. The Morgan fingerprint density at radius 2 is 1.34 bits per heavy atom. The Labute approximate surface area is 174 Å². The molecule has 3 nitrogen and oxygen atoms in total. The molecule has 0 aliphatic carbocycles. The third kappa shape index (κ3) is 4.10. The fourth-order valence-corrected chi connectivity index (χ4v) is 3.89. The van der Waals surface area contributed by atoms with Gasteiger partial charge < -0.3 is 9.64 Å². The van der Waals surface area contributed by atoms with Gasteiger partial charge in [-0.1, -0.05) is 72.8 Å². The minimum Gasteiger partial charge on any atom is -0.496 e. The number of ether oxygens (including phenoxy) is 1. The lowest BCUT2D eigenvalue weighted by Gasteiger charge is -2.38. The maximum Gasteiger partial charge on any atom is 0.181 e. The molecule has 3 heteroatoms. The molecule has 150 valence electrons. The number of para-hydroxylation sites is 1. The minimum absolute atomic E-state index is 0.0565. The standard InChI is InChI=1S/C26H29NO2/c1-20(27(2)3)19-26(21-13-7-5-8-14-21,22-15-9-6-10-16-22)25(28)23-17-11-12-18-24(23)29-4/h5-18,20H,19H2,1-4H3/t20-/m0/s1. The van der Waals surface area contributed by atoms with E-state index in [2.05, 4.69) is 50.2 Å². The molecular weight excluding hydrogens is 358 g/mol. The molecule has 1 atom stereocenters. The van der Waals surface area contributed by atoms with Crippen LogP contribution in [-0.2, 0) is 5.41 Å². The number of carbonyl (C=O) groups excluding carboxylic acids is 1. The van der Waals surface area contributed by atoms with Gasteiger partial charge in [0.2, 0.25) is 0 Å². The highest BCUT2D eigenvalue weighted by atomic mass is 16.5. The van der Waals surface area contributed by atoms with Crippen LogP contribution in [0.5, 0.6) is 5.75 Å². The largest absolute Gasteiger partial charge is 0.496 e. The minimum atomic E-state index is -0.819. The van der Waals surface area contributed by atoms with Crippen LogP contribution in [0, 0.1) is 0 Å². The zero-order valence-electron chi connectivity index (χ0n) is 17.6. The molecule has 0 radical (unpaired) electrons. The lowest BCUT2D eigenvalue weighted by Crippen LogP contribution is -2.43. The van der Waals surface area contributed by atoms with E-state index in [-0.39, 0.29) is 11.8 Å². The summed E-state index contributed by atoms with van der Waals surface area (Å²) in [6.07, 6.45) is 0.658. The normalized spacial score (nSPS) is 12.6. The highest BCUT2D eigenvalue weighted by molar-refractivity contribution is 6.08. The number of rotatable bonds is 8. The zero-order valence-corrected chi connectivity index (χ0v) is 17.6. The maximum atomic E-state index is 14.3. The number of ketones is 1. The van der Waals surface area contributed by atoms with Crippen molar-refractivity contribution >= 4 is 5.78 Å². The molecule has 0 heterocycles. The molecule has 0 aliphatic heterocycles. The molecule has 0 aliphatic rings. The third-order valence-corrected chi connectivity index (χ3v) is 5.76. The van der Waals surface area contributed by atoms with Crippen LogP contribution in [0.2, 0.25) is 0 Å². The molecule has 0 aromatic heterocycles. The summed E-state index contributed by atoms with van der Waals surface area (Å²) in [5.41, 5.74) is 1.78. The molecule has 0 fully saturated rings. The van der Waals surface area contributed by atoms with Crippen LogP contribution in [0.3, 0.4) is 0 Å². The van der Waals surface area contributed by atoms with Gasteiger partial charge in [0.1, 0.15) is 5.75 Å². The molecule has 0 spiro atoms. The summed E-state index contributed by atoms with van der Waals surface area (Å²) >= 11 is 0. The first-order valence-corrected chi connectivity index (χ1v) is 9.96. The van der Waals surface area contributed by atoms with Crippen molar-refractivity contribution < 1.29 is 9.53 Å². The molecular formula is C26H29NO2. The van der Waals surface area contributed by atoms with Crippen LogP contribution in [0.15, 0.2) is 84.9 Å². The Kier molecular flexibility index (Phi) is 6.50. The predicted molar refractivity (Wildman–Crippen MR) is 119 cm³/mol. The maximum absolute atomic E-state index is 14.3. The second-order valence-corrected chi connectivity index (χ2v) is 7.68. The summed E-state index contributed by atoms with van der Waals surface area (Å²) in [7, 11) is 5.72. The lowest BCUT2D eigenvalue weighted by molar-refractivity contribution is 0.0879. The van der Waals surface area contributed by atoms with Crippen LogP contribution >= 0.6 is 0 Å². The van der Waals surface area contributed by atoms with Crippen molar-refractivity contribution in [2.75, 3.05) is 21.2 Å². The Morgan fingerprint density at radius 3 is 1.83 bits per heavy atom. The molecule has 0 saturated heterocycles. The molecule has 0 N–H and O–H groups in total. The van der Waals surface area contributed by atoms with Crippen LogP contribution in [0.1, 0.15) is 34.8 Å². The van der Waals surface area contributed by atoms with Crippen LogP contribution in [0.25, 0.3) is 0 Å². The van der Waals surface area contributed by atoms with Gasteiger partial charge in [-0.15, -0.1) is 0 Å². The topological polar surface area (TPSA) is 29.5 Å². The van der Waals surface area contributed by atoms with E-state index < -0.39 is 5.41 Å². The molecule has 0 unspecified atom stereocenters. The summed E-state index contributed by atoms with van der Waals surface area (Å²) in [6.45, 7) is 2.16. The van der Waals surface area contributed by atoms with Crippen LogP contribution in [0.4, 0.5) is 0 Å². The van der Waals surface area contributed by atoms with Gasteiger partial charge >= 0.3 is 0 Å². The third-order valence-electron chi connectivity index (χ3n) is 5.76. The van der Waals surface area contributed by atoms with Gasteiger partial charge in [0.15, 0.2) is 5.78 Å². The van der Waals surface area contributed by atoms with E-state index in [4.69, 9.17) is 4.74 Å². The summed E-state index contributed by atoms with van der Waals surface area (Å²) in [6, 6.07) is 27.9. The van der Waals surface area contributed by atoms with Gasteiger partial charge in [-0.2, -0.15) is 0 Å². The molecule has 3 aromatic rings. The van der Waals surface area contributed by atoms with Crippen LogP contribution in [-0.4, -0.2) is 37.9 Å². The number of hydrogen-bond acceptors (Lipinski definition) is 3. The average molecular weight is 388 g/mol. The van der Waals surface area contributed by atoms with Gasteiger partial charge in [0, 0.05) is 6.04 Å². The summed E-state index contributed by atoms with van der Waals surface area (Å²) < 4.78 is 5.55. The quantitative estimate of drug-likeness (QED) is 0.497. The summed E-state index contributed by atoms with van der Waals surface area (Å²) in [5, 5.41) is 0. The fourth-order valence-electron chi connectivity index (χ4n) is 3.89. The first-order valence-electron chi connectivity index (χ1n) is 9.96. The van der Waals surface area contributed by atoms with Crippen molar-refractivity contribution in [3.8, 4) is 5.75 Å². The van der Waals surface area contributed by atoms with E-state index in [1.165, 1.54) is 0 Å². The second kappa shape index (κ2) is 9.06. The predicted octanol–water partition coefficient (Wildman–Crippen LogP) is 5.20. The number of hydrogen-bond donors (Lipinski definition) is 0. The highest BCUT2D eigenvalue weighted by Gasteiger charge is 2.44. The van der Waals surface area contributed by atoms with Gasteiger partial charge in [-0.25, -0.2) is 0 Å². The van der Waals surface area contributed by atoms with E-state index in [0.29, 0.717) is 17.7 Å². The van der Waals surface area contributed by atoms with Crippen molar-refractivity contribution in [1.29, 1.82) is 0 Å². The Bertz CT molecular complexity index is 896. The Hall–Kier alpha value is -2.91. The van der Waals surface area contributed by atoms with E-state index >= 15 is 0 Å². The molecule has 0 saturated carbocycles. The number of benzene rings is 3. The van der Waals surface area contributed by atoms with Crippen molar-refractivity contribution in [2.45, 2.75) is 24.8 Å². The van der Waals surface area contributed by atoms with Gasteiger partial charge in [0.05, 0.1) is 18.1 Å². The van der Waals surface area contributed by atoms with Gasteiger partial charge in [0.25, 0.3) is 0 Å². The van der Waals surface area contributed by atoms with Crippen molar-refractivity contribution in [1.82, 2.24) is 4.90 Å². The summed E-state index contributed by atoms with van der Waals surface area (Å²) in [5.74, 6) is 0.660. The molecule has 29 heavy (non-hydrogen) atoms. The highest BCUT2D eigenvalue weighted by Crippen LogP contribution is 2.42. The van der Waals surface area contributed by atoms with E-state index in [0.717, 1.165) is 11.1 Å². The Morgan fingerprint density at radius 1 is 0.862 bits per heavy atom. The number of carbonyl (C=O) groups is 1. The number of Topliss-reactive ketones (excluding diaryl/α,β-unsaturated/α-hetero) is 1. The second-order valence-electron chi connectivity index (χ2n) is 7.68. The van der Waals surface area contributed by atoms with Crippen molar-refractivity contribution in [2.24, 2.45) is 0 Å². The Balaban J connectivity index is 2.30. The fraction of sp³-hybridized carbons (Fsp3) is 0.269. The first-order chi connectivity index (χ1) is 14.0. The number of methoxy groups -OCH3 is 1. The number of nitrogens with zero attached hydrogens (tertiary/aromatic N) is 1. The monoisotopic (exact) mass is 387 g/mol. The van der Waals surface area contributed by atoms with E-state index in [9.17, 15) is 4.79 Å². The van der Waals surface area contributed by atoms with E-state index in [1.54, 1.807) is 7.11 Å².